The maximum Gasteiger partial charge on any atom is 0.244 e. The third-order valence-electron chi connectivity index (χ3n) is 3.99. The summed E-state index contributed by atoms with van der Waals surface area (Å²) >= 11 is 1.37. The molecule has 3 rings (SSSR count). The van der Waals surface area contributed by atoms with Crippen molar-refractivity contribution in [2.75, 3.05) is 18.4 Å². The number of hydrogen-bond donors (Lipinski definition) is 1. The minimum atomic E-state index is -0.0957. The van der Waals surface area contributed by atoms with Crippen molar-refractivity contribution >= 4 is 22.4 Å². The Labute approximate surface area is 144 Å². The zero-order valence-electron chi connectivity index (χ0n) is 14.2. The van der Waals surface area contributed by atoms with Gasteiger partial charge in [0.05, 0.1) is 12.6 Å². The molecule has 2 aromatic rings. The molecule has 1 atom stereocenters. The highest BCUT2D eigenvalue weighted by atomic mass is 32.1. The van der Waals surface area contributed by atoms with Gasteiger partial charge in [-0.15, -0.1) is 10.2 Å². The predicted octanol–water partition coefficient (Wildman–Crippen LogP) is 2.52. The number of piperidine rings is 1. The molecule has 1 saturated heterocycles. The number of hydrogen-bond acceptors (Lipinski definition) is 8. The molecule has 2 aromatic heterocycles. The molecular formula is C15H22N6O2S. The van der Waals surface area contributed by atoms with Crippen molar-refractivity contribution in [1.29, 1.82) is 0 Å². The van der Waals surface area contributed by atoms with Crippen molar-refractivity contribution in [3.8, 4) is 0 Å². The van der Waals surface area contributed by atoms with Crippen molar-refractivity contribution in [3.63, 3.8) is 0 Å². The van der Waals surface area contributed by atoms with Crippen LogP contribution in [0.2, 0.25) is 0 Å². The molecule has 0 bridgehead atoms. The van der Waals surface area contributed by atoms with Gasteiger partial charge in [-0.05, 0) is 26.3 Å². The number of nitrogens with one attached hydrogen (secondary N) is 1. The summed E-state index contributed by atoms with van der Waals surface area (Å²) in [5.41, 5.74) is 0. The summed E-state index contributed by atoms with van der Waals surface area (Å²) in [5, 5.41) is 16.0. The first-order chi connectivity index (χ1) is 11.5. The van der Waals surface area contributed by atoms with E-state index < -0.39 is 0 Å². The highest BCUT2D eigenvalue weighted by molar-refractivity contribution is 7.15. The van der Waals surface area contributed by atoms with Crippen LogP contribution in [0.15, 0.2) is 4.52 Å². The van der Waals surface area contributed by atoms with Gasteiger partial charge in [0.15, 0.2) is 5.82 Å². The van der Waals surface area contributed by atoms with Gasteiger partial charge in [-0.1, -0.05) is 36.8 Å². The maximum absolute atomic E-state index is 12.3. The van der Waals surface area contributed by atoms with Gasteiger partial charge in [0, 0.05) is 5.92 Å². The second kappa shape index (κ2) is 7.35. The average molecular weight is 350 g/mol. The van der Waals surface area contributed by atoms with E-state index in [9.17, 15) is 4.79 Å². The van der Waals surface area contributed by atoms with E-state index in [1.807, 2.05) is 20.8 Å². The van der Waals surface area contributed by atoms with E-state index in [2.05, 4.69) is 30.6 Å². The lowest BCUT2D eigenvalue weighted by Gasteiger charge is -2.32. The van der Waals surface area contributed by atoms with E-state index in [0.717, 1.165) is 30.8 Å². The Morgan fingerprint density at radius 2 is 2.25 bits per heavy atom. The molecule has 24 heavy (non-hydrogen) atoms. The fourth-order valence-electron chi connectivity index (χ4n) is 2.77. The lowest BCUT2D eigenvalue weighted by molar-refractivity contribution is -0.118. The van der Waals surface area contributed by atoms with E-state index in [1.165, 1.54) is 11.3 Å². The van der Waals surface area contributed by atoms with Gasteiger partial charge < -0.3 is 4.52 Å². The van der Waals surface area contributed by atoms with Crippen molar-refractivity contribution in [1.82, 2.24) is 25.2 Å². The number of carbonyl (C=O) groups excluding carboxylic acids is 1. The van der Waals surface area contributed by atoms with Crippen molar-refractivity contribution in [2.24, 2.45) is 0 Å². The average Bonchev–Trinajstić information content (AvgIpc) is 3.17. The molecule has 0 unspecified atom stereocenters. The minimum Gasteiger partial charge on any atom is -0.338 e. The molecule has 0 aliphatic carbocycles. The Hall–Kier alpha value is -1.87. The topological polar surface area (TPSA) is 97.0 Å². The highest BCUT2D eigenvalue weighted by Gasteiger charge is 2.30. The number of likely N-dealkylation sites (tertiary alicyclic amines) is 1. The van der Waals surface area contributed by atoms with Crippen LogP contribution in [0.3, 0.4) is 0 Å². The summed E-state index contributed by atoms with van der Waals surface area (Å²) < 4.78 is 5.44. The fourth-order valence-corrected chi connectivity index (χ4v) is 3.38. The van der Waals surface area contributed by atoms with Crippen LogP contribution < -0.4 is 5.32 Å². The van der Waals surface area contributed by atoms with Gasteiger partial charge in [0.1, 0.15) is 5.01 Å². The third kappa shape index (κ3) is 3.96. The monoisotopic (exact) mass is 350 g/mol. The first kappa shape index (κ1) is 17.0. The molecule has 3 heterocycles. The molecular weight excluding hydrogens is 328 g/mol. The fraction of sp³-hybridized carbons (Fsp3) is 0.667. The normalized spacial score (nSPS) is 18.9. The van der Waals surface area contributed by atoms with Gasteiger partial charge in [0.25, 0.3) is 0 Å². The van der Waals surface area contributed by atoms with Crippen LogP contribution in [0, 0.1) is 6.92 Å². The minimum absolute atomic E-state index is 0.000607. The molecule has 0 saturated carbocycles. The molecule has 130 valence electrons. The van der Waals surface area contributed by atoms with Gasteiger partial charge >= 0.3 is 0 Å². The zero-order chi connectivity index (χ0) is 17.1. The van der Waals surface area contributed by atoms with E-state index >= 15 is 0 Å². The van der Waals surface area contributed by atoms with Crippen molar-refractivity contribution in [3.05, 3.63) is 16.7 Å². The van der Waals surface area contributed by atoms with Crippen LogP contribution in [-0.4, -0.2) is 44.2 Å². The van der Waals surface area contributed by atoms with E-state index in [4.69, 9.17) is 4.52 Å². The number of nitrogens with zero attached hydrogens (tertiary/aromatic N) is 5. The first-order valence-corrected chi connectivity index (χ1v) is 9.02. The molecule has 1 aliphatic heterocycles. The van der Waals surface area contributed by atoms with Gasteiger partial charge in [-0.25, -0.2) is 0 Å². The second-order valence-electron chi connectivity index (χ2n) is 6.30. The van der Waals surface area contributed by atoms with Crippen LogP contribution in [0.25, 0.3) is 0 Å². The summed E-state index contributed by atoms with van der Waals surface area (Å²) in [6, 6.07) is 0.000607. The molecule has 9 heteroatoms. The molecule has 0 aromatic carbocycles. The van der Waals surface area contributed by atoms with E-state index in [-0.39, 0.29) is 24.4 Å². The van der Waals surface area contributed by atoms with Gasteiger partial charge in [0.2, 0.25) is 16.9 Å². The smallest absolute Gasteiger partial charge is 0.244 e. The summed E-state index contributed by atoms with van der Waals surface area (Å²) in [4.78, 5) is 18.9. The number of anilines is 1. The van der Waals surface area contributed by atoms with E-state index in [1.54, 1.807) is 0 Å². The summed E-state index contributed by atoms with van der Waals surface area (Å²) in [7, 11) is 0. The van der Waals surface area contributed by atoms with Crippen LogP contribution >= 0.6 is 11.3 Å². The Bertz CT molecular complexity index is 698. The Morgan fingerprint density at radius 3 is 2.92 bits per heavy atom. The molecule has 0 radical (unpaired) electrons. The highest BCUT2D eigenvalue weighted by Crippen LogP contribution is 2.30. The van der Waals surface area contributed by atoms with Gasteiger partial charge in [-0.3, -0.25) is 15.0 Å². The summed E-state index contributed by atoms with van der Waals surface area (Å²) in [5.74, 6) is 1.45. The van der Waals surface area contributed by atoms with Crippen LogP contribution in [0.4, 0.5) is 5.13 Å². The third-order valence-corrected chi connectivity index (χ3v) is 4.75. The van der Waals surface area contributed by atoms with E-state index in [0.29, 0.717) is 16.8 Å². The molecule has 1 N–H and O–H groups in total. The zero-order valence-corrected chi connectivity index (χ0v) is 15.0. The lowest BCUT2D eigenvalue weighted by Crippen LogP contribution is -2.39. The standard InChI is InChI=1S/C15H22N6O2S/c1-9(2)13-17-14(23-20-13)11-6-4-5-7-21(11)8-12(22)16-15-19-18-10(3)24-15/h9,11H,4-8H2,1-3H3,(H,16,19,22)/t11-/m0/s1. The Balaban J connectivity index is 1.66. The quantitative estimate of drug-likeness (QED) is 0.885. The Morgan fingerprint density at radius 1 is 1.42 bits per heavy atom. The first-order valence-electron chi connectivity index (χ1n) is 8.20. The number of amides is 1. The number of aromatic nitrogens is 4. The summed E-state index contributed by atoms with van der Waals surface area (Å²) in [6.07, 6.45) is 3.08. The number of rotatable bonds is 5. The van der Waals surface area contributed by atoms with Crippen molar-refractivity contribution < 1.29 is 9.32 Å². The molecule has 1 aliphatic rings. The maximum atomic E-state index is 12.3. The van der Waals surface area contributed by atoms with Crippen LogP contribution in [-0.2, 0) is 4.79 Å². The van der Waals surface area contributed by atoms with Gasteiger partial charge in [-0.2, -0.15) is 4.98 Å². The number of aryl methyl sites for hydroxylation is 1. The molecule has 0 spiro atoms. The molecule has 1 fully saturated rings. The predicted molar refractivity (Wildman–Crippen MR) is 89.8 cm³/mol. The van der Waals surface area contributed by atoms with Crippen molar-refractivity contribution in [2.45, 2.75) is 52.0 Å². The van der Waals surface area contributed by atoms with Crippen LogP contribution in [0.1, 0.15) is 61.8 Å². The lowest BCUT2D eigenvalue weighted by atomic mass is 10.0. The molecule has 8 nitrogen and oxygen atoms in total. The SMILES string of the molecule is Cc1nnc(NC(=O)CN2CCCC[C@H]2c2nc(C(C)C)no2)s1. The number of carbonyl (C=O) groups is 1. The second-order valence-corrected chi connectivity index (χ2v) is 7.48. The van der Waals surface area contributed by atoms with Crippen LogP contribution in [0.5, 0.6) is 0 Å². The largest absolute Gasteiger partial charge is 0.338 e. The molecule has 1 amide bonds. The summed E-state index contributed by atoms with van der Waals surface area (Å²) in [6.45, 7) is 7.04. The Kier molecular flexibility index (Phi) is 5.20.